The molecule has 1 aromatic carbocycles. The first-order valence-corrected chi connectivity index (χ1v) is 6.19. The van der Waals surface area contributed by atoms with Gasteiger partial charge in [0.05, 0.1) is 26.5 Å². The van der Waals surface area contributed by atoms with Crippen LogP contribution in [0.5, 0.6) is 11.5 Å². The van der Waals surface area contributed by atoms with Gasteiger partial charge in [-0.25, -0.2) is 4.39 Å². The number of methoxy groups -OCH3 is 2. The Labute approximate surface area is 117 Å². The van der Waals surface area contributed by atoms with Crippen LogP contribution >= 0.6 is 0 Å². The number of nitrogens with zero attached hydrogens (tertiary/aromatic N) is 1. The maximum atomic E-state index is 13.3. The van der Waals surface area contributed by atoms with E-state index in [-0.39, 0.29) is 11.9 Å². The van der Waals surface area contributed by atoms with Crippen LogP contribution < -0.4 is 14.8 Å². The largest absolute Gasteiger partial charge is 0.493 e. The van der Waals surface area contributed by atoms with Crippen molar-refractivity contribution in [3.63, 3.8) is 0 Å². The quantitative estimate of drug-likeness (QED) is 0.911. The highest BCUT2D eigenvalue weighted by atomic mass is 19.1. The first-order chi connectivity index (χ1) is 9.69. The summed E-state index contributed by atoms with van der Waals surface area (Å²) >= 11 is 0. The van der Waals surface area contributed by atoms with Crippen molar-refractivity contribution in [2.24, 2.45) is 0 Å². The van der Waals surface area contributed by atoms with Crippen molar-refractivity contribution in [2.45, 2.75) is 6.04 Å². The molecule has 0 aliphatic rings. The van der Waals surface area contributed by atoms with Gasteiger partial charge < -0.3 is 14.8 Å². The molecule has 1 unspecified atom stereocenters. The molecule has 0 aliphatic carbocycles. The Bertz CT molecular complexity index is 590. The van der Waals surface area contributed by atoms with Crippen LogP contribution in [0.15, 0.2) is 36.7 Å². The normalized spacial score (nSPS) is 12.0. The molecular weight excluding hydrogens is 259 g/mol. The Morgan fingerprint density at radius 1 is 1.05 bits per heavy atom. The van der Waals surface area contributed by atoms with E-state index < -0.39 is 0 Å². The van der Waals surface area contributed by atoms with Crippen LogP contribution in [0.4, 0.5) is 4.39 Å². The SMILES string of the molecule is CNC(c1cncc(F)c1)c1ccc(OC)c(OC)c1. The molecular formula is C15H17FN2O2. The van der Waals surface area contributed by atoms with E-state index in [1.165, 1.54) is 12.3 Å². The first kappa shape index (κ1) is 14.3. The third-order valence-corrected chi connectivity index (χ3v) is 3.09. The Hall–Kier alpha value is -2.14. The molecule has 0 bridgehead atoms. The summed E-state index contributed by atoms with van der Waals surface area (Å²) in [5, 5.41) is 3.15. The van der Waals surface area contributed by atoms with Gasteiger partial charge >= 0.3 is 0 Å². The number of pyridine rings is 1. The van der Waals surface area contributed by atoms with Crippen molar-refractivity contribution in [3.8, 4) is 11.5 Å². The molecule has 4 nitrogen and oxygen atoms in total. The average molecular weight is 276 g/mol. The Morgan fingerprint density at radius 3 is 2.40 bits per heavy atom. The Morgan fingerprint density at radius 2 is 1.80 bits per heavy atom. The number of benzene rings is 1. The second kappa shape index (κ2) is 6.34. The molecule has 0 saturated heterocycles. The first-order valence-electron chi connectivity index (χ1n) is 6.19. The molecule has 0 spiro atoms. The molecule has 5 heteroatoms. The predicted octanol–water partition coefficient (Wildman–Crippen LogP) is 2.55. The lowest BCUT2D eigenvalue weighted by atomic mass is 10.00. The van der Waals surface area contributed by atoms with Gasteiger partial charge in [0.25, 0.3) is 0 Å². The highest BCUT2D eigenvalue weighted by Gasteiger charge is 2.15. The van der Waals surface area contributed by atoms with Gasteiger partial charge in [0.1, 0.15) is 5.82 Å². The molecule has 1 N–H and O–H groups in total. The molecule has 0 amide bonds. The third kappa shape index (κ3) is 2.88. The average Bonchev–Trinajstić information content (AvgIpc) is 2.48. The van der Waals surface area contributed by atoms with Crippen LogP contribution in [0.1, 0.15) is 17.2 Å². The minimum absolute atomic E-state index is 0.169. The number of rotatable bonds is 5. The standard InChI is InChI=1S/C15H17FN2O2/c1-17-15(11-6-12(16)9-18-8-11)10-4-5-13(19-2)14(7-10)20-3/h4-9,15,17H,1-3H3. The van der Waals surface area contributed by atoms with Crippen molar-refractivity contribution in [1.29, 1.82) is 0 Å². The topological polar surface area (TPSA) is 43.4 Å². The lowest BCUT2D eigenvalue weighted by Gasteiger charge is -2.18. The summed E-state index contributed by atoms with van der Waals surface area (Å²) in [5.74, 6) is 0.932. The van der Waals surface area contributed by atoms with Gasteiger partial charge in [-0.15, -0.1) is 0 Å². The number of ether oxygens (including phenoxy) is 2. The van der Waals surface area contributed by atoms with Crippen LogP contribution in [0.2, 0.25) is 0 Å². The van der Waals surface area contributed by atoms with E-state index in [1.807, 2.05) is 25.2 Å². The van der Waals surface area contributed by atoms with Gasteiger partial charge in [0.15, 0.2) is 11.5 Å². The second-order valence-electron chi connectivity index (χ2n) is 4.27. The summed E-state index contributed by atoms with van der Waals surface area (Å²) in [6.07, 6.45) is 2.83. The Balaban J connectivity index is 2.41. The second-order valence-corrected chi connectivity index (χ2v) is 4.27. The number of nitrogens with one attached hydrogen (secondary N) is 1. The number of hydrogen-bond donors (Lipinski definition) is 1. The number of halogens is 1. The van der Waals surface area contributed by atoms with Gasteiger partial charge in [0, 0.05) is 6.20 Å². The predicted molar refractivity (Wildman–Crippen MR) is 74.6 cm³/mol. The molecule has 2 aromatic rings. The fourth-order valence-electron chi connectivity index (χ4n) is 2.14. The van der Waals surface area contributed by atoms with E-state index in [2.05, 4.69) is 10.3 Å². The third-order valence-electron chi connectivity index (χ3n) is 3.09. The van der Waals surface area contributed by atoms with E-state index in [1.54, 1.807) is 20.4 Å². The fourth-order valence-corrected chi connectivity index (χ4v) is 2.14. The van der Waals surface area contributed by atoms with Gasteiger partial charge in [0.2, 0.25) is 0 Å². The summed E-state index contributed by atoms with van der Waals surface area (Å²) in [4.78, 5) is 3.88. The molecule has 1 heterocycles. The summed E-state index contributed by atoms with van der Waals surface area (Å²) in [6.45, 7) is 0. The molecule has 20 heavy (non-hydrogen) atoms. The van der Waals surface area contributed by atoms with Crippen LogP contribution in [-0.4, -0.2) is 26.3 Å². The van der Waals surface area contributed by atoms with Crippen LogP contribution in [0.3, 0.4) is 0 Å². The zero-order valence-electron chi connectivity index (χ0n) is 11.7. The van der Waals surface area contributed by atoms with E-state index in [0.717, 1.165) is 11.1 Å². The maximum Gasteiger partial charge on any atom is 0.161 e. The smallest absolute Gasteiger partial charge is 0.161 e. The van der Waals surface area contributed by atoms with Crippen molar-refractivity contribution in [3.05, 3.63) is 53.6 Å². The summed E-state index contributed by atoms with van der Waals surface area (Å²) in [6, 6.07) is 6.90. The van der Waals surface area contributed by atoms with Gasteiger partial charge in [-0.2, -0.15) is 0 Å². The lowest BCUT2D eigenvalue weighted by Crippen LogP contribution is -2.18. The molecule has 0 aliphatic heterocycles. The van der Waals surface area contributed by atoms with Crippen LogP contribution in [0, 0.1) is 5.82 Å². The minimum atomic E-state index is -0.358. The van der Waals surface area contributed by atoms with Gasteiger partial charge in [-0.3, -0.25) is 4.98 Å². The summed E-state index contributed by atoms with van der Waals surface area (Å²) < 4.78 is 23.8. The van der Waals surface area contributed by atoms with E-state index in [0.29, 0.717) is 11.5 Å². The zero-order valence-corrected chi connectivity index (χ0v) is 11.7. The zero-order chi connectivity index (χ0) is 14.5. The highest BCUT2D eigenvalue weighted by Crippen LogP contribution is 2.32. The van der Waals surface area contributed by atoms with Crippen molar-refractivity contribution < 1.29 is 13.9 Å². The maximum absolute atomic E-state index is 13.3. The molecule has 1 atom stereocenters. The van der Waals surface area contributed by atoms with Gasteiger partial charge in [-0.05, 0) is 36.4 Å². The van der Waals surface area contributed by atoms with Gasteiger partial charge in [-0.1, -0.05) is 6.07 Å². The van der Waals surface area contributed by atoms with E-state index in [4.69, 9.17) is 9.47 Å². The molecule has 1 aromatic heterocycles. The number of aromatic nitrogens is 1. The van der Waals surface area contributed by atoms with E-state index >= 15 is 0 Å². The summed E-state index contributed by atoms with van der Waals surface area (Å²) in [7, 11) is 4.98. The molecule has 0 saturated carbocycles. The Kier molecular flexibility index (Phi) is 4.53. The van der Waals surface area contributed by atoms with E-state index in [9.17, 15) is 4.39 Å². The number of hydrogen-bond acceptors (Lipinski definition) is 4. The highest BCUT2D eigenvalue weighted by molar-refractivity contribution is 5.45. The van der Waals surface area contributed by atoms with Crippen LogP contribution in [-0.2, 0) is 0 Å². The monoisotopic (exact) mass is 276 g/mol. The lowest BCUT2D eigenvalue weighted by molar-refractivity contribution is 0.354. The summed E-state index contributed by atoms with van der Waals surface area (Å²) in [5.41, 5.74) is 1.69. The molecule has 106 valence electrons. The fraction of sp³-hybridized carbons (Fsp3) is 0.267. The van der Waals surface area contributed by atoms with Crippen molar-refractivity contribution in [2.75, 3.05) is 21.3 Å². The van der Waals surface area contributed by atoms with Crippen LogP contribution in [0.25, 0.3) is 0 Å². The molecule has 2 rings (SSSR count). The van der Waals surface area contributed by atoms with Crippen molar-refractivity contribution in [1.82, 2.24) is 10.3 Å². The molecule has 0 fully saturated rings. The molecule has 0 radical (unpaired) electrons. The minimum Gasteiger partial charge on any atom is -0.493 e. The van der Waals surface area contributed by atoms with Crippen molar-refractivity contribution >= 4 is 0 Å².